The van der Waals surface area contributed by atoms with Crippen molar-refractivity contribution in [2.45, 2.75) is 18.9 Å². The lowest BCUT2D eigenvalue weighted by Gasteiger charge is -2.42. The van der Waals surface area contributed by atoms with Crippen LogP contribution < -0.4 is 25.6 Å². The number of piperidine rings is 1. The van der Waals surface area contributed by atoms with Gasteiger partial charge in [0.15, 0.2) is 0 Å². The monoisotopic (exact) mass is 724 g/mol. The van der Waals surface area contributed by atoms with E-state index in [-0.39, 0.29) is 16.6 Å². The van der Waals surface area contributed by atoms with E-state index in [0.29, 0.717) is 55.5 Å². The van der Waals surface area contributed by atoms with Crippen molar-refractivity contribution in [1.29, 1.82) is 0 Å². The van der Waals surface area contributed by atoms with Crippen LogP contribution in [-0.4, -0.2) is 107 Å². The molecular weight excluding hydrogens is 687 g/mol. The number of fused-ring (bicyclic) bond motifs is 1. The molecule has 2 aliphatic heterocycles. The molecular formula is C31H38BrN10O4P. The molecule has 4 heterocycles. The molecule has 0 aliphatic carbocycles. The van der Waals surface area contributed by atoms with Crippen LogP contribution in [0.25, 0.3) is 11.0 Å². The largest absolute Gasteiger partial charge is 0.494 e. The van der Waals surface area contributed by atoms with E-state index in [4.69, 9.17) is 4.74 Å². The average molecular weight is 726 g/mol. The van der Waals surface area contributed by atoms with Gasteiger partial charge < -0.3 is 29.7 Å². The van der Waals surface area contributed by atoms with Crippen LogP contribution in [0.15, 0.2) is 47.3 Å². The predicted molar refractivity (Wildman–Crippen MR) is 189 cm³/mol. The standard InChI is InChI=1S/C31H38BrN10O4P/c1-39-13-15-40(16-14-39)20-7-11-41(12-8-20)25-18-27(46-2)24(17-26(25)42(43)44)37-31-35-19-21(32)30(38-31)36-23-6-5-22-28(34-10-9-33-22)29(23)47(3,4)45/h5-6,9-10,17-20H,7-8,11-16H2,1-4H3,(H2,35,36,37,38). The summed E-state index contributed by atoms with van der Waals surface area (Å²) in [5.41, 5.74) is 2.63. The average Bonchev–Trinajstić information content (AvgIpc) is 3.05. The first-order valence-electron chi connectivity index (χ1n) is 15.4. The summed E-state index contributed by atoms with van der Waals surface area (Å²) in [6.07, 6.45) is 6.63. The third kappa shape index (κ3) is 7.18. The van der Waals surface area contributed by atoms with Crippen molar-refractivity contribution < 1.29 is 14.2 Å². The van der Waals surface area contributed by atoms with E-state index in [2.05, 4.69) is 68.2 Å². The number of halogens is 1. The minimum Gasteiger partial charge on any atom is -0.494 e. The second kappa shape index (κ2) is 13.7. The van der Waals surface area contributed by atoms with Gasteiger partial charge in [-0.05, 0) is 61.3 Å². The van der Waals surface area contributed by atoms with E-state index in [9.17, 15) is 14.7 Å². The molecule has 2 saturated heterocycles. The molecule has 2 aliphatic rings. The topological polar surface area (TPSA) is 155 Å². The summed E-state index contributed by atoms with van der Waals surface area (Å²) in [4.78, 5) is 36.8. The van der Waals surface area contributed by atoms with Gasteiger partial charge in [-0.1, -0.05) is 0 Å². The van der Waals surface area contributed by atoms with Gasteiger partial charge in [0, 0.05) is 76.0 Å². The molecule has 4 aromatic rings. The first-order valence-corrected chi connectivity index (χ1v) is 18.8. The Morgan fingerprint density at radius 2 is 1.72 bits per heavy atom. The molecule has 6 rings (SSSR count). The quantitative estimate of drug-likeness (QED) is 0.135. The van der Waals surface area contributed by atoms with E-state index in [1.165, 1.54) is 13.2 Å². The minimum absolute atomic E-state index is 0.0228. The smallest absolute Gasteiger partial charge is 0.294 e. The molecule has 0 bridgehead atoms. The van der Waals surface area contributed by atoms with Crippen LogP contribution in [0.5, 0.6) is 5.75 Å². The fraction of sp³-hybridized carbons (Fsp3) is 0.419. The van der Waals surface area contributed by atoms with Crippen molar-refractivity contribution in [2.24, 2.45) is 0 Å². The second-order valence-electron chi connectivity index (χ2n) is 12.2. The van der Waals surface area contributed by atoms with E-state index >= 15 is 0 Å². The number of hydrogen-bond acceptors (Lipinski definition) is 13. The molecule has 2 aromatic heterocycles. The molecule has 0 atom stereocenters. The van der Waals surface area contributed by atoms with Crippen LogP contribution in [0.3, 0.4) is 0 Å². The Hall–Kier alpha value is -3.91. The highest BCUT2D eigenvalue weighted by Crippen LogP contribution is 2.42. The zero-order valence-electron chi connectivity index (χ0n) is 26.8. The molecule has 0 unspecified atom stereocenters. The van der Waals surface area contributed by atoms with Crippen LogP contribution in [0, 0.1) is 10.1 Å². The molecule has 0 radical (unpaired) electrons. The number of likely N-dealkylation sites (N-methyl/N-ethyl adjacent to an activating group) is 1. The van der Waals surface area contributed by atoms with Crippen LogP contribution >= 0.6 is 23.1 Å². The molecule has 0 amide bonds. The number of nitro benzene ring substituents is 1. The number of rotatable bonds is 9. The van der Waals surface area contributed by atoms with E-state index in [1.54, 1.807) is 50.1 Å². The highest BCUT2D eigenvalue weighted by atomic mass is 79.9. The predicted octanol–water partition coefficient (Wildman–Crippen LogP) is 5.05. The van der Waals surface area contributed by atoms with Crippen molar-refractivity contribution in [3.05, 3.63) is 57.4 Å². The number of benzene rings is 2. The van der Waals surface area contributed by atoms with E-state index in [0.717, 1.165) is 52.1 Å². The highest BCUT2D eigenvalue weighted by molar-refractivity contribution is 9.10. The number of anilines is 5. The Kier molecular flexibility index (Phi) is 9.60. The van der Waals surface area contributed by atoms with Crippen LogP contribution in [0.1, 0.15) is 12.8 Å². The van der Waals surface area contributed by atoms with Crippen molar-refractivity contribution in [1.82, 2.24) is 29.7 Å². The molecule has 0 spiro atoms. The fourth-order valence-electron chi connectivity index (χ4n) is 6.31. The van der Waals surface area contributed by atoms with Crippen molar-refractivity contribution in [3.8, 4) is 5.75 Å². The number of hydrogen-bond donors (Lipinski definition) is 2. The molecule has 47 heavy (non-hydrogen) atoms. The Labute approximate surface area is 281 Å². The third-order valence-corrected chi connectivity index (χ3v) is 10.9. The fourth-order valence-corrected chi connectivity index (χ4v) is 8.00. The zero-order valence-corrected chi connectivity index (χ0v) is 29.3. The summed E-state index contributed by atoms with van der Waals surface area (Å²) in [5.74, 6) is 1.01. The second-order valence-corrected chi connectivity index (χ2v) is 16.2. The maximum Gasteiger partial charge on any atom is 0.294 e. The van der Waals surface area contributed by atoms with Gasteiger partial charge >= 0.3 is 0 Å². The van der Waals surface area contributed by atoms with E-state index < -0.39 is 7.14 Å². The van der Waals surface area contributed by atoms with Crippen molar-refractivity contribution in [3.63, 3.8) is 0 Å². The van der Waals surface area contributed by atoms with Crippen molar-refractivity contribution >= 4 is 73.9 Å². The first kappa shape index (κ1) is 33.0. The molecule has 248 valence electrons. The number of nitro groups is 1. The zero-order chi connectivity index (χ0) is 33.3. The summed E-state index contributed by atoms with van der Waals surface area (Å²) in [7, 11) is 0.879. The Bertz CT molecular complexity index is 1840. The lowest BCUT2D eigenvalue weighted by Crippen LogP contribution is -2.52. The van der Waals surface area contributed by atoms with Gasteiger partial charge in [-0.25, -0.2) is 4.98 Å². The van der Waals surface area contributed by atoms with Gasteiger partial charge in [0.1, 0.15) is 29.9 Å². The third-order valence-electron chi connectivity index (χ3n) is 8.75. The Morgan fingerprint density at radius 1 is 1.00 bits per heavy atom. The maximum atomic E-state index is 13.4. The normalized spacial score (nSPS) is 16.7. The number of piperazine rings is 1. The lowest BCUT2D eigenvalue weighted by molar-refractivity contribution is -0.384. The van der Waals surface area contributed by atoms with Gasteiger partial charge in [0.2, 0.25) is 5.95 Å². The number of nitrogens with zero attached hydrogens (tertiary/aromatic N) is 8. The van der Waals surface area contributed by atoms with Gasteiger partial charge in [-0.2, -0.15) is 4.98 Å². The molecule has 2 N–H and O–H groups in total. The van der Waals surface area contributed by atoms with Crippen LogP contribution in [0.4, 0.5) is 34.5 Å². The summed E-state index contributed by atoms with van der Waals surface area (Å²) in [6, 6.07) is 7.28. The summed E-state index contributed by atoms with van der Waals surface area (Å²) >= 11 is 3.51. The minimum atomic E-state index is -2.80. The van der Waals surface area contributed by atoms with Crippen LogP contribution in [0.2, 0.25) is 0 Å². The Balaban J connectivity index is 1.25. The summed E-state index contributed by atoms with van der Waals surface area (Å²) in [5, 5.41) is 19.3. The molecule has 2 aromatic carbocycles. The molecule has 16 heteroatoms. The SMILES string of the molecule is COc1cc(N2CCC(N3CCN(C)CC3)CC2)c([N+](=O)[O-])cc1Nc1ncc(Br)c(Nc2ccc3nccnc3c2P(C)(C)=O)n1. The number of nitrogens with one attached hydrogen (secondary N) is 2. The van der Waals surface area contributed by atoms with Gasteiger partial charge in [-0.3, -0.25) is 25.0 Å². The summed E-state index contributed by atoms with van der Waals surface area (Å²) < 4.78 is 19.7. The maximum absolute atomic E-state index is 13.4. The van der Waals surface area contributed by atoms with Gasteiger partial charge in [0.05, 0.1) is 38.7 Å². The molecule has 0 saturated carbocycles. The van der Waals surface area contributed by atoms with E-state index in [1.807, 2.05) is 0 Å². The van der Waals surface area contributed by atoms with Crippen LogP contribution in [-0.2, 0) is 4.57 Å². The Morgan fingerprint density at radius 3 is 2.40 bits per heavy atom. The van der Waals surface area contributed by atoms with Gasteiger partial charge in [-0.15, -0.1) is 0 Å². The van der Waals surface area contributed by atoms with Crippen molar-refractivity contribution in [2.75, 3.05) is 82.3 Å². The first-order chi connectivity index (χ1) is 22.5. The molecule has 14 nitrogen and oxygen atoms in total. The summed E-state index contributed by atoms with van der Waals surface area (Å²) in [6.45, 7) is 9.06. The number of methoxy groups -OCH3 is 1. The number of ether oxygens (including phenoxy) is 1. The molecule has 2 fully saturated rings. The lowest BCUT2D eigenvalue weighted by atomic mass is 10.0. The number of aromatic nitrogens is 4. The van der Waals surface area contributed by atoms with Gasteiger partial charge in [0.25, 0.3) is 5.69 Å². The highest BCUT2D eigenvalue weighted by Gasteiger charge is 2.31.